The predicted octanol–water partition coefficient (Wildman–Crippen LogP) is 3.87. The minimum Gasteiger partial charge on any atom is -0.497 e. The van der Waals surface area contributed by atoms with E-state index in [1.165, 1.54) is 6.07 Å². The van der Waals surface area contributed by atoms with Crippen molar-refractivity contribution in [3.63, 3.8) is 0 Å². The Morgan fingerprint density at radius 2 is 2.05 bits per heavy atom. The minimum atomic E-state index is -0.490. The van der Waals surface area contributed by atoms with E-state index in [4.69, 9.17) is 16.3 Å². The van der Waals surface area contributed by atoms with Gasteiger partial charge in [-0.1, -0.05) is 29.8 Å². The zero-order chi connectivity index (χ0) is 14.5. The third kappa shape index (κ3) is 3.19. The van der Waals surface area contributed by atoms with Crippen LogP contribution in [0.25, 0.3) is 0 Å². The number of rotatable bonds is 5. The van der Waals surface area contributed by atoms with E-state index in [0.29, 0.717) is 12.2 Å². The molecular weight excluding hydrogens is 280 g/mol. The van der Waals surface area contributed by atoms with Gasteiger partial charge in [0.1, 0.15) is 16.5 Å². The molecule has 0 amide bonds. The third-order valence-corrected chi connectivity index (χ3v) is 3.09. The van der Waals surface area contributed by atoms with Crippen molar-refractivity contribution in [1.82, 2.24) is 0 Å². The zero-order valence-electron chi connectivity index (χ0n) is 10.8. The molecule has 0 aliphatic heterocycles. The van der Waals surface area contributed by atoms with E-state index in [2.05, 4.69) is 5.32 Å². The smallest absolute Gasteiger partial charge is 0.310 e. The first kappa shape index (κ1) is 14.1. The molecule has 0 saturated carbocycles. The number of halogens is 1. The van der Waals surface area contributed by atoms with Crippen LogP contribution in [-0.4, -0.2) is 12.0 Å². The minimum absolute atomic E-state index is 0.114. The van der Waals surface area contributed by atoms with Crippen LogP contribution in [0.2, 0.25) is 5.02 Å². The van der Waals surface area contributed by atoms with Gasteiger partial charge in [0, 0.05) is 6.54 Å². The molecule has 5 nitrogen and oxygen atoms in total. The third-order valence-electron chi connectivity index (χ3n) is 2.79. The average molecular weight is 293 g/mol. The number of nitrogens with zero attached hydrogens (tertiary/aromatic N) is 1. The Morgan fingerprint density at radius 3 is 2.75 bits per heavy atom. The first-order chi connectivity index (χ1) is 9.61. The molecule has 0 atom stereocenters. The van der Waals surface area contributed by atoms with Gasteiger partial charge in [-0.3, -0.25) is 10.1 Å². The van der Waals surface area contributed by atoms with Crippen molar-refractivity contribution in [2.75, 3.05) is 12.4 Å². The van der Waals surface area contributed by atoms with Gasteiger partial charge >= 0.3 is 5.69 Å². The van der Waals surface area contributed by atoms with E-state index >= 15 is 0 Å². The lowest BCUT2D eigenvalue weighted by Crippen LogP contribution is -2.03. The molecule has 20 heavy (non-hydrogen) atoms. The topological polar surface area (TPSA) is 64.4 Å². The summed E-state index contributed by atoms with van der Waals surface area (Å²) in [5.74, 6) is 0.741. The number of benzene rings is 2. The molecule has 0 aliphatic rings. The van der Waals surface area contributed by atoms with Crippen molar-refractivity contribution in [2.24, 2.45) is 0 Å². The van der Waals surface area contributed by atoms with E-state index in [0.717, 1.165) is 11.3 Å². The lowest BCUT2D eigenvalue weighted by atomic mass is 10.2. The van der Waals surface area contributed by atoms with Crippen molar-refractivity contribution < 1.29 is 9.66 Å². The molecule has 104 valence electrons. The summed E-state index contributed by atoms with van der Waals surface area (Å²) in [7, 11) is 1.59. The van der Waals surface area contributed by atoms with Crippen LogP contribution >= 0.6 is 11.6 Å². The summed E-state index contributed by atoms with van der Waals surface area (Å²) in [6.45, 7) is 0.443. The van der Waals surface area contributed by atoms with Gasteiger partial charge in [0.15, 0.2) is 0 Å². The molecule has 0 aliphatic carbocycles. The number of ether oxygens (including phenoxy) is 1. The fourth-order valence-electron chi connectivity index (χ4n) is 1.82. The zero-order valence-corrected chi connectivity index (χ0v) is 11.6. The lowest BCUT2D eigenvalue weighted by molar-refractivity contribution is -0.383. The summed E-state index contributed by atoms with van der Waals surface area (Å²) in [4.78, 5) is 10.5. The first-order valence-electron chi connectivity index (χ1n) is 5.91. The number of hydrogen-bond acceptors (Lipinski definition) is 4. The molecule has 0 aromatic heterocycles. The highest BCUT2D eigenvalue weighted by Crippen LogP contribution is 2.32. The fraction of sp³-hybridized carbons (Fsp3) is 0.143. The second-order valence-electron chi connectivity index (χ2n) is 4.10. The molecule has 6 heteroatoms. The molecule has 2 aromatic carbocycles. The Hall–Kier alpha value is -2.27. The van der Waals surface area contributed by atoms with Gasteiger partial charge < -0.3 is 10.1 Å². The van der Waals surface area contributed by atoms with Gasteiger partial charge in [0.05, 0.1) is 12.0 Å². The SMILES string of the molecule is COc1cccc(CNc2cccc(Cl)c2[N+](=O)[O-])c1. The van der Waals surface area contributed by atoms with Gasteiger partial charge in [-0.2, -0.15) is 0 Å². The molecule has 0 spiro atoms. The van der Waals surface area contributed by atoms with Crippen LogP contribution in [0.3, 0.4) is 0 Å². The summed E-state index contributed by atoms with van der Waals surface area (Å²) in [6.07, 6.45) is 0. The summed E-state index contributed by atoms with van der Waals surface area (Å²) in [5, 5.41) is 14.2. The van der Waals surface area contributed by atoms with Crippen LogP contribution in [0.5, 0.6) is 5.75 Å². The Balaban J connectivity index is 2.18. The van der Waals surface area contributed by atoms with Gasteiger partial charge in [0.2, 0.25) is 0 Å². The molecule has 1 N–H and O–H groups in total. The summed E-state index contributed by atoms with van der Waals surface area (Å²) in [6, 6.07) is 12.3. The number of methoxy groups -OCH3 is 1. The van der Waals surface area contributed by atoms with E-state index < -0.39 is 4.92 Å². The van der Waals surface area contributed by atoms with E-state index in [1.54, 1.807) is 19.2 Å². The summed E-state index contributed by atoms with van der Waals surface area (Å²) in [5.41, 5.74) is 1.24. The number of anilines is 1. The van der Waals surface area contributed by atoms with E-state index in [9.17, 15) is 10.1 Å². The van der Waals surface area contributed by atoms with Crippen molar-refractivity contribution in [2.45, 2.75) is 6.54 Å². The second kappa shape index (κ2) is 6.25. The van der Waals surface area contributed by atoms with Crippen molar-refractivity contribution in [3.8, 4) is 5.75 Å². The Bertz CT molecular complexity index is 632. The van der Waals surface area contributed by atoms with Gasteiger partial charge in [0.25, 0.3) is 0 Å². The summed E-state index contributed by atoms with van der Waals surface area (Å²) < 4.78 is 5.13. The first-order valence-corrected chi connectivity index (χ1v) is 6.29. The highest BCUT2D eigenvalue weighted by molar-refractivity contribution is 6.33. The Kier molecular flexibility index (Phi) is 4.42. The largest absolute Gasteiger partial charge is 0.497 e. The second-order valence-corrected chi connectivity index (χ2v) is 4.51. The molecule has 0 fully saturated rings. The Labute approximate surface area is 121 Å². The normalized spacial score (nSPS) is 10.1. The molecule has 0 heterocycles. The standard InChI is InChI=1S/C14H13ClN2O3/c1-20-11-5-2-4-10(8-11)9-16-13-7-3-6-12(15)14(13)17(18)19/h2-8,16H,9H2,1H3. The maximum Gasteiger partial charge on any atom is 0.310 e. The molecular formula is C14H13ClN2O3. The molecule has 0 unspecified atom stereocenters. The summed E-state index contributed by atoms with van der Waals surface area (Å²) >= 11 is 5.85. The molecule has 0 bridgehead atoms. The number of nitro benzene ring substituents is 1. The monoisotopic (exact) mass is 292 g/mol. The number of nitrogens with one attached hydrogen (secondary N) is 1. The number of hydrogen-bond donors (Lipinski definition) is 1. The molecule has 2 rings (SSSR count). The van der Waals surface area contributed by atoms with Crippen LogP contribution in [0, 0.1) is 10.1 Å². The fourth-order valence-corrected chi connectivity index (χ4v) is 2.07. The predicted molar refractivity (Wildman–Crippen MR) is 78.4 cm³/mol. The maximum absolute atomic E-state index is 11.0. The lowest BCUT2D eigenvalue weighted by Gasteiger charge is -2.09. The van der Waals surface area contributed by atoms with Crippen LogP contribution < -0.4 is 10.1 Å². The van der Waals surface area contributed by atoms with Crippen LogP contribution in [0.1, 0.15) is 5.56 Å². The van der Waals surface area contributed by atoms with Gasteiger partial charge in [-0.15, -0.1) is 0 Å². The highest BCUT2D eigenvalue weighted by Gasteiger charge is 2.17. The van der Waals surface area contributed by atoms with Crippen molar-refractivity contribution >= 4 is 23.0 Å². The molecule has 0 saturated heterocycles. The van der Waals surface area contributed by atoms with Crippen LogP contribution in [0.15, 0.2) is 42.5 Å². The average Bonchev–Trinajstić information content (AvgIpc) is 2.45. The van der Waals surface area contributed by atoms with Gasteiger partial charge in [-0.05, 0) is 29.8 Å². The van der Waals surface area contributed by atoms with Crippen LogP contribution in [-0.2, 0) is 6.54 Å². The number of para-hydroxylation sites is 1. The highest BCUT2D eigenvalue weighted by atomic mass is 35.5. The molecule has 2 aromatic rings. The quantitative estimate of drug-likeness (QED) is 0.671. The maximum atomic E-state index is 11.0. The van der Waals surface area contributed by atoms with Crippen molar-refractivity contribution in [3.05, 3.63) is 63.2 Å². The number of nitro groups is 1. The molecule has 0 radical (unpaired) electrons. The van der Waals surface area contributed by atoms with E-state index in [1.807, 2.05) is 24.3 Å². The van der Waals surface area contributed by atoms with Gasteiger partial charge in [-0.25, -0.2) is 0 Å². The van der Waals surface area contributed by atoms with E-state index in [-0.39, 0.29) is 10.7 Å². The van der Waals surface area contributed by atoms with Crippen molar-refractivity contribution in [1.29, 1.82) is 0 Å². The Morgan fingerprint density at radius 1 is 1.30 bits per heavy atom. The van der Waals surface area contributed by atoms with Crippen LogP contribution in [0.4, 0.5) is 11.4 Å².